The van der Waals surface area contributed by atoms with Gasteiger partial charge in [0, 0.05) is 41.4 Å². The number of carbonyl (C=O) groups excluding carboxylic acids is 2. The van der Waals surface area contributed by atoms with Gasteiger partial charge in [0.2, 0.25) is 0 Å². The van der Waals surface area contributed by atoms with Gasteiger partial charge in [-0.25, -0.2) is 4.79 Å². The van der Waals surface area contributed by atoms with Gasteiger partial charge >= 0.3 is 6.03 Å². The molecular formula is C25H24ClN3O2S. The van der Waals surface area contributed by atoms with Crippen LogP contribution in [0.2, 0.25) is 5.02 Å². The van der Waals surface area contributed by atoms with E-state index >= 15 is 0 Å². The molecule has 0 aliphatic carbocycles. The third-order valence-electron chi connectivity index (χ3n) is 6.38. The van der Waals surface area contributed by atoms with Crippen molar-refractivity contribution in [3.05, 3.63) is 77.3 Å². The normalized spacial score (nSPS) is 17.7. The van der Waals surface area contributed by atoms with E-state index in [4.69, 9.17) is 11.6 Å². The Labute approximate surface area is 196 Å². The van der Waals surface area contributed by atoms with Gasteiger partial charge in [-0.1, -0.05) is 48.0 Å². The number of likely N-dealkylation sites (tertiary alicyclic amines) is 1. The Balaban J connectivity index is 1.27. The molecule has 2 saturated heterocycles. The first-order valence-corrected chi connectivity index (χ1v) is 12.2. The number of urea groups is 1. The lowest BCUT2D eigenvalue weighted by Gasteiger charge is -2.44. The minimum absolute atomic E-state index is 0.0420. The second-order valence-corrected chi connectivity index (χ2v) is 10.1. The number of nitrogens with one attached hydrogen (secondary N) is 1. The maximum absolute atomic E-state index is 13.2. The molecule has 0 bridgehead atoms. The average molecular weight is 466 g/mol. The zero-order chi connectivity index (χ0) is 22.1. The second kappa shape index (κ2) is 8.68. The second-order valence-electron chi connectivity index (χ2n) is 8.20. The fourth-order valence-corrected chi connectivity index (χ4v) is 6.23. The molecule has 32 heavy (non-hydrogen) atoms. The lowest BCUT2D eigenvalue weighted by atomic mass is 10.0. The van der Waals surface area contributed by atoms with E-state index < -0.39 is 0 Å². The van der Waals surface area contributed by atoms with Crippen LogP contribution in [0.25, 0.3) is 10.8 Å². The van der Waals surface area contributed by atoms with Gasteiger partial charge in [-0.3, -0.25) is 4.79 Å². The predicted octanol–water partition coefficient (Wildman–Crippen LogP) is 5.71. The molecule has 0 radical (unpaired) electrons. The van der Waals surface area contributed by atoms with E-state index in [9.17, 15) is 9.59 Å². The topological polar surface area (TPSA) is 52.7 Å². The summed E-state index contributed by atoms with van der Waals surface area (Å²) in [5.74, 6) is 0.960. The Hall–Kier alpha value is -2.70. The lowest BCUT2D eigenvalue weighted by Crippen LogP contribution is -2.54. The van der Waals surface area contributed by atoms with E-state index in [1.54, 1.807) is 24.3 Å². The number of halogens is 1. The van der Waals surface area contributed by atoms with E-state index in [-0.39, 0.29) is 16.8 Å². The van der Waals surface area contributed by atoms with E-state index in [1.165, 1.54) is 0 Å². The molecule has 1 N–H and O–H groups in total. The molecule has 2 aliphatic heterocycles. The molecule has 5 rings (SSSR count). The van der Waals surface area contributed by atoms with Crippen molar-refractivity contribution in [3.63, 3.8) is 0 Å². The molecule has 0 atom stereocenters. The molecule has 2 fully saturated rings. The quantitative estimate of drug-likeness (QED) is 0.527. The van der Waals surface area contributed by atoms with Crippen molar-refractivity contribution in [1.82, 2.24) is 9.80 Å². The zero-order valence-corrected chi connectivity index (χ0v) is 19.2. The summed E-state index contributed by atoms with van der Waals surface area (Å²) in [6, 6.07) is 21.0. The maximum Gasteiger partial charge on any atom is 0.321 e. The fourth-order valence-electron chi connectivity index (χ4n) is 4.65. The molecule has 164 valence electrons. The maximum atomic E-state index is 13.2. The average Bonchev–Trinajstić information content (AvgIpc) is 3.22. The number of benzene rings is 3. The molecule has 0 aromatic heterocycles. The number of anilines is 1. The zero-order valence-electron chi connectivity index (χ0n) is 17.6. The first-order chi connectivity index (χ1) is 15.6. The highest BCUT2D eigenvalue weighted by atomic mass is 35.5. The number of amides is 3. The van der Waals surface area contributed by atoms with E-state index in [2.05, 4.69) is 5.32 Å². The Kier molecular flexibility index (Phi) is 5.74. The molecular weight excluding hydrogens is 442 g/mol. The van der Waals surface area contributed by atoms with Crippen molar-refractivity contribution in [1.29, 1.82) is 0 Å². The number of rotatable bonds is 2. The molecule has 0 unspecified atom stereocenters. The van der Waals surface area contributed by atoms with Crippen molar-refractivity contribution in [2.75, 3.05) is 30.7 Å². The van der Waals surface area contributed by atoms with Gasteiger partial charge in [-0.05, 0) is 48.6 Å². The van der Waals surface area contributed by atoms with E-state index in [0.717, 1.165) is 41.6 Å². The van der Waals surface area contributed by atoms with Gasteiger partial charge in [-0.2, -0.15) is 0 Å². The summed E-state index contributed by atoms with van der Waals surface area (Å²) in [7, 11) is 0. The largest absolute Gasteiger partial charge is 0.324 e. The summed E-state index contributed by atoms with van der Waals surface area (Å²) in [5.41, 5.74) is 1.48. The van der Waals surface area contributed by atoms with Crippen molar-refractivity contribution in [3.8, 4) is 0 Å². The summed E-state index contributed by atoms with van der Waals surface area (Å²) < 4.78 is 0. The lowest BCUT2D eigenvalue weighted by molar-refractivity contribution is 0.0585. The van der Waals surface area contributed by atoms with Gasteiger partial charge in [0.1, 0.15) is 0 Å². The molecule has 7 heteroatoms. The minimum Gasteiger partial charge on any atom is -0.324 e. The molecule has 2 aliphatic rings. The molecule has 3 amide bonds. The Morgan fingerprint density at radius 1 is 0.906 bits per heavy atom. The number of hydrogen-bond donors (Lipinski definition) is 1. The molecule has 1 spiro atoms. The van der Waals surface area contributed by atoms with Crippen LogP contribution in [-0.4, -0.2) is 52.0 Å². The van der Waals surface area contributed by atoms with Crippen LogP contribution in [0.15, 0.2) is 66.7 Å². The van der Waals surface area contributed by atoms with Crippen LogP contribution < -0.4 is 5.32 Å². The molecule has 2 heterocycles. The van der Waals surface area contributed by atoms with Crippen molar-refractivity contribution in [2.24, 2.45) is 0 Å². The fraction of sp³-hybridized carbons (Fsp3) is 0.280. The predicted molar refractivity (Wildman–Crippen MR) is 131 cm³/mol. The highest BCUT2D eigenvalue weighted by molar-refractivity contribution is 8.00. The van der Waals surface area contributed by atoms with Gasteiger partial charge in [0.25, 0.3) is 5.91 Å². The number of fused-ring (bicyclic) bond motifs is 1. The number of thioether (sulfide) groups is 1. The monoisotopic (exact) mass is 465 g/mol. The summed E-state index contributed by atoms with van der Waals surface area (Å²) >= 11 is 7.82. The number of hydrogen-bond acceptors (Lipinski definition) is 3. The summed E-state index contributed by atoms with van der Waals surface area (Å²) in [6.45, 7) is 1.97. The standard InChI is InChI=1S/C25H24ClN3O2S/c26-20-10-8-19(9-11-20)23(30)29-16-17-32-25(29)12-14-28(15-13-25)24(31)27-22-7-3-5-18-4-1-2-6-21(18)22/h1-11H,12-17H2,(H,27,31). The summed E-state index contributed by atoms with van der Waals surface area (Å²) in [6.07, 6.45) is 1.53. The van der Waals surface area contributed by atoms with Crippen LogP contribution in [0.1, 0.15) is 23.2 Å². The Morgan fingerprint density at radius 2 is 1.62 bits per heavy atom. The van der Waals surface area contributed by atoms with Crippen LogP contribution >= 0.6 is 23.4 Å². The SMILES string of the molecule is O=C(Nc1cccc2ccccc12)N1CCC2(CC1)SCCN2C(=O)c1ccc(Cl)cc1. The van der Waals surface area contributed by atoms with Crippen LogP contribution in [0.4, 0.5) is 10.5 Å². The van der Waals surface area contributed by atoms with Gasteiger partial charge in [0.05, 0.1) is 10.6 Å². The van der Waals surface area contributed by atoms with Crippen LogP contribution in [0, 0.1) is 0 Å². The van der Waals surface area contributed by atoms with Gasteiger partial charge < -0.3 is 15.1 Å². The van der Waals surface area contributed by atoms with E-state index in [0.29, 0.717) is 23.7 Å². The molecule has 0 saturated carbocycles. The molecule has 5 nitrogen and oxygen atoms in total. The van der Waals surface area contributed by atoms with Crippen molar-refractivity contribution >= 4 is 51.8 Å². The van der Waals surface area contributed by atoms with Crippen LogP contribution in [0.5, 0.6) is 0 Å². The summed E-state index contributed by atoms with van der Waals surface area (Å²) in [5, 5.41) is 5.84. The smallest absolute Gasteiger partial charge is 0.321 e. The van der Waals surface area contributed by atoms with Crippen molar-refractivity contribution in [2.45, 2.75) is 17.7 Å². The van der Waals surface area contributed by atoms with Crippen molar-refractivity contribution < 1.29 is 9.59 Å². The number of nitrogens with zero attached hydrogens (tertiary/aromatic N) is 2. The number of carbonyl (C=O) groups is 2. The van der Waals surface area contributed by atoms with Gasteiger partial charge in [0.15, 0.2) is 0 Å². The molecule has 3 aromatic rings. The number of piperidine rings is 1. The van der Waals surface area contributed by atoms with E-state index in [1.807, 2.05) is 64.0 Å². The third kappa shape index (κ3) is 3.93. The first-order valence-electron chi connectivity index (χ1n) is 10.8. The Morgan fingerprint density at radius 3 is 2.41 bits per heavy atom. The van der Waals surface area contributed by atoms with Crippen LogP contribution in [0.3, 0.4) is 0 Å². The highest BCUT2D eigenvalue weighted by Gasteiger charge is 2.47. The van der Waals surface area contributed by atoms with Gasteiger partial charge in [-0.15, -0.1) is 11.8 Å². The van der Waals surface area contributed by atoms with Crippen LogP contribution in [-0.2, 0) is 0 Å². The third-order valence-corrected chi connectivity index (χ3v) is 8.18. The first kappa shape index (κ1) is 21.2. The molecule has 3 aromatic carbocycles. The highest BCUT2D eigenvalue weighted by Crippen LogP contribution is 2.44. The minimum atomic E-state index is -0.243. The Bertz CT molecular complexity index is 1150. The summed E-state index contributed by atoms with van der Waals surface area (Å²) in [4.78, 5) is 29.8.